The molecule has 0 aliphatic carbocycles. The Morgan fingerprint density at radius 1 is 1.14 bits per heavy atom. The first-order valence-corrected chi connectivity index (χ1v) is 10.6. The summed E-state index contributed by atoms with van der Waals surface area (Å²) < 4.78 is 0. The molecule has 0 saturated carbocycles. The number of piperidine rings is 2. The number of carbonyl (C=O) groups excluding carboxylic acids is 1. The number of rotatable bonds is 3. The van der Waals surface area contributed by atoms with Gasteiger partial charge in [-0.1, -0.05) is 23.7 Å². The Kier molecular flexibility index (Phi) is 4.66. The van der Waals surface area contributed by atoms with Crippen molar-refractivity contribution in [2.75, 3.05) is 18.0 Å². The third-order valence-electron chi connectivity index (χ3n) is 6.53. The number of carbonyl (C=O) groups is 1. The molecule has 7 heteroatoms. The van der Waals surface area contributed by atoms with Crippen LogP contribution in [-0.2, 0) is 11.3 Å². The molecule has 1 amide bonds. The molecule has 3 aromatic rings. The monoisotopic (exact) mass is 409 g/mol. The van der Waals surface area contributed by atoms with Gasteiger partial charge in [0.25, 0.3) is 0 Å². The Labute approximate surface area is 174 Å². The highest BCUT2D eigenvalue weighted by Gasteiger charge is 2.44. The van der Waals surface area contributed by atoms with Crippen molar-refractivity contribution in [2.24, 2.45) is 0 Å². The van der Waals surface area contributed by atoms with Gasteiger partial charge in [0.15, 0.2) is 0 Å². The summed E-state index contributed by atoms with van der Waals surface area (Å²) in [5.74, 6) is 1.10. The van der Waals surface area contributed by atoms with Gasteiger partial charge in [0, 0.05) is 48.7 Å². The highest BCUT2D eigenvalue weighted by atomic mass is 35.5. The largest absolute Gasteiger partial charge is 0.361 e. The van der Waals surface area contributed by atoms with E-state index in [0.29, 0.717) is 18.1 Å². The van der Waals surface area contributed by atoms with E-state index in [1.54, 1.807) is 12.4 Å². The molecule has 1 aromatic carbocycles. The van der Waals surface area contributed by atoms with Crippen LogP contribution in [0.1, 0.15) is 37.7 Å². The van der Waals surface area contributed by atoms with Crippen molar-refractivity contribution in [3.63, 3.8) is 0 Å². The average Bonchev–Trinajstić information content (AvgIpc) is 3.21. The molecule has 1 N–H and O–H groups in total. The fourth-order valence-electron chi connectivity index (χ4n) is 4.97. The van der Waals surface area contributed by atoms with Crippen LogP contribution < -0.4 is 4.90 Å². The number of fused-ring (bicyclic) bond motifs is 1. The molecule has 0 radical (unpaired) electrons. The summed E-state index contributed by atoms with van der Waals surface area (Å²) in [7, 11) is 0. The number of hydrogen-bond donors (Lipinski definition) is 1. The zero-order valence-corrected chi connectivity index (χ0v) is 17.0. The number of likely N-dealkylation sites (tertiary alicyclic amines) is 1. The van der Waals surface area contributed by atoms with Crippen LogP contribution in [0.15, 0.2) is 42.9 Å². The Bertz CT molecular complexity index is 1040. The second kappa shape index (κ2) is 7.34. The molecule has 1 spiro atoms. The van der Waals surface area contributed by atoms with Crippen molar-refractivity contribution in [3.8, 4) is 0 Å². The van der Waals surface area contributed by atoms with E-state index in [1.165, 1.54) is 10.9 Å². The number of anilines is 1. The van der Waals surface area contributed by atoms with Crippen LogP contribution in [0, 0.1) is 0 Å². The summed E-state index contributed by atoms with van der Waals surface area (Å²) >= 11 is 6.02. The fourth-order valence-corrected chi connectivity index (χ4v) is 5.12. The molecule has 2 aliphatic heterocycles. The molecule has 2 aromatic heterocycles. The van der Waals surface area contributed by atoms with Gasteiger partial charge >= 0.3 is 0 Å². The van der Waals surface area contributed by atoms with E-state index in [9.17, 15) is 4.79 Å². The lowest BCUT2D eigenvalue weighted by atomic mass is 9.78. The van der Waals surface area contributed by atoms with Gasteiger partial charge in [-0.2, -0.15) is 0 Å². The maximum atomic E-state index is 13.0. The van der Waals surface area contributed by atoms with E-state index < -0.39 is 0 Å². The molecule has 4 heterocycles. The predicted octanol–water partition coefficient (Wildman–Crippen LogP) is 4.16. The van der Waals surface area contributed by atoms with Crippen molar-refractivity contribution in [3.05, 3.63) is 53.6 Å². The van der Waals surface area contributed by atoms with E-state index in [1.807, 2.05) is 6.20 Å². The zero-order chi connectivity index (χ0) is 19.8. The molecule has 2 fully saturated rings. The molecular weight excluding hydrogens is 386 g/mol. The van der Waals surface area contributed by atoms with Crippen molar-refractivity contribution in [2.45, 2.75) is 44.2 Å². The maximum Gasteiger partial charge on any atom is 0.223 e. The van der Waals surface area contributed by atoms with Crippen LogP contribution in [-0.4, -0.2) is 44.4 Å². The molecule has 150 valence electrons. The van der Waals surface area contributed by atoms with E-state index in [0.717, 1.165) is 50.1 Å². The highest BCUT2D eigenvalue weighted by molar-refractivity contribution is 6.29. The summed E-state index contributed by atoms with van der Waals surface area (Å²) in [6.45, 7) is 2.38. The quantitative estimate of drug-likeness (QED) is 0.705. The Hall–Kier alpha value is -2.60. The first kappa shape index (κ1) is 18.4. The molecule has 2 aliphatic rings. The lowest BCUT2D eigenvalue weighted by Crippen LogP contribution is -2.59. The van der Waals surface area contributed by atoms with Crippen LogP contribution in [0.2, 0.25) is 5.15 Å². The van der Waals surface area contributed by atoms with Gasteiger partial charge in [-0.15, -0.1) is 0 Å². The smallest absolute Gasteiger partial charge is 0.223 e. The van der Waals surface area contributed by atoms with Crippen molar-refractivity contribution < 1.29 is 4.79 Å². The number of nitrogens with one attached hydrogen (secondary N) is 1. The number of nitrogens with zero attached hydrogens (tertiary/aromatic N) is 4. The summed E-state index contributed by atoms with van der Waals surface area (Å²) in [6.07, 6.45) is 9.85. The first-order valence-electron chi connectivity index (χ1n) is 10.2. The minimum Gasteiger partial charge on any atom is -0.361 e. The fraction of sp³-hybridized carbons (Fsp3) is 0.409. The second-order valence-corrected chi connectivity index (χ2v) is 8.49. The maximum absolute atomic E-state index is 13.0. The molecular formula is C22H24ClN5O. The van der Waals surface area contributed by atoms with E-state index in [4.69, 9.17) is 11.6 Å². The van der Waals surface area contributed by atoms with E-state index in [2.05, 4.69) is 49.0 Å². The summed E-state index contributed by atoms with van der Waals surface area (Å²) in [5.41, 5.74) is 2.26. The summed E-state index contributed by atoms with van der Waals surface area (Å²) in [6, 6.07) is 8.39. The topological polar surface area (TPSA) is 65.1 Å². The third kappa shape index (κ3) is 3.35. The van der Waals surface area contributed by atoms with Crippen LogP contribution >= 0.6 is 11.6 Å². The molecule has 5 rings (SSSR count). The van der Waals surface area contributed by atoms with Crippen LogP contribution in [0.3, 0.4) is 0 Å². The number of H-pyrrole nitrogens is 1. The normalized spacial score (nSPS) is 19.3. The third-order valence-corrected chi connectivity index (χ3v) is 6.71. The number of aromatic nitrogens is 3. The first-order chi connectivity index (χ1) is 14.1. The standard InChI is InChI=1S/C22H24ClN5O/c23-19-13-24-14-20(26-19)27-11-8-22(9-12-27)7-2-5-21(29)28(22)15-16-3-1-4-18-17(16)6-10-25-18/h1,3-4,6,10,13-14,25H,2,5,7-9,11-12,15H2. The van der Waals surface area contributed by atoms with Crippen molar-refractivity contribution in [1.29, 1.82) is 0 Å². The number of benzene rings is 1. The Morgan fingerprint density at radius 2 is 2.00 bits per heavy atom. The molecule has 0 unspecified atom stereocenters. The molecule has 0 bridgehead atoms. The lowest BCUT2D eigenvalue weighted by Gasteiger charge is -2.51. The molecule has 29 heavy (non-hydrogen) atoms. The number of hydrogen-bond acceptors (Lipinski definition) is 4. The molecule has 6 nitrogen and oxygen atoms in total. The van der Waals surface area contributed by atoms with Gasteiger partial charge < -0.3 is 14.8 Å². The van der Waals surface area contributed by atoms with Crippen LogP contribution in [0.25, 0.3) is 10.9 Å². The summed E-state index contributed by atoms with van der Waals surface area (Å²) in [5, 5.41) is 1.62. The minimum absolute atomic E-state index is 0.0731. The van der Waals surface area contributed by atoms with Gasteiger partial charge in [0.05, 0.1) is 12.4 Å². The minimum atomic E-state index is -0.0731. The van der Waals surface area contributed by atoms with E-state index >= 15 is 0 Å². The average molecular weight is 410 g/mol. The van der Waals surface area contributed by atoms with Gasteiger partial charge in [-0.3, -0.25) is 9.78 Å². The van der Waals surface area contributed by atoms with Gasteiger partial charge in [0.2, 0.25) is 5.91 Å². The number of halogens is 1. The predicted molar refractivity (Wildman–Crippen MR) is 114 cm³/mol. The highest BCUT2D eigenvalue weighted by Crippen LogP contribution is 2.40. The Morgan fingerprint density at radius 3 is 2.83 bits per heavy atom. The van der Waals surface area contributed by atoms with E-state index in [-0.39, 0.29) is 11.4 Å². The SMILES string of the molecule is O=C1CCCC2(CCN(c3cncc(Cl)n3)CC2)N1Cc1cccc2[nH]ccc12. The number of aromatic amines is 1. The van der Waals surface area contributed by atoms with Crippen molar-refractivity contribution >= 4 is 34.2 Å². The lowest BCUT2D eigenvalue weighted by molar-refractivity contribution is -0.144. The van der Waals surface area contributed by atoms with Crippen LogP contribution in [0.4, 0.5) is 5.82 Å². The second-order valence-electron chi connectivity index (χ2n) is 8.10. The summed E-state index contributed by atoms with van der Waals surface area (Å²) in [4.78, 5) is 29.2. The number of amides is 1. The molecule has 2 saturated heterocycles. The molecule has 0 atom stereocenters. The van der Waals surface area contributed by atoms with Crippen LogP contribution in [0.5, 0.6) is 0 Å². The van der Waals surface area contributed by atoms with Gasteiger partial charge in [-0.25, -0.2) is 4.98 Å². The zero-order valence-electron chi connectivity index (χ0n) is 16.3. The Balaban J connectivity index is 1.39. The van der Waals surface area contributed by atoms with Gasteiger partial charge in [0.1, 0.15) is 11.0 Å². The van der Waals surface area contributed by atoms with Gasteiger partial charge in [-0.05, 0) is 43.4 Å². The van der Waals surface area contributed by atoms with Crippen molar-refractivity contribution in [1.82, 2.24) is 19.9 Å².